The van der Waals surface area contributed by atoms with Crippen molar-refractivity contribution >= 4 is 34.0 Å². The number of halogens is 1. The number of aryl methyl sites for hydroxylation is 1. The van der Waals surface area contributed by atoms with Crippen LogP contribution >= 0.6 is 11.6 Å². The van der Waals surface area contributed by atoms with Crippen LogP contribution in [-0.4, -0.2) is 20.7 Å². The predicted octanol–water partition coefficient (Wildman–Crippen LogP) is 4.94. The zero-order chi connectivity index (χ0) is 19.0. The zero-order valence-corrected chi connectivity index (χ0v) is 15.7. The first-order valence-electron chi connectivity index (χ1n) is 8.53. The second kappa shape index (κ2) is 6.85. The van der Waals surface area contributed by atoms with Crippen LogP contribution in [0.25, 0.3) is 16.5 Å². The molecule has 0 atom stereocenters. The maximum Gasteiger partial charge on any atom is 0.274 e. The van der Waals surface area contributed by atoms with Gasteiger partial charge in [-0.25, -0.2) is 9.67 Å². The molecule has 134 valence electrons. The maximum atomic E-state index is 12.8. The Kier molecular flexibility index (Phi) is 4.38. The molecule has 0 saturated heterocycles. The molecule has 5 nitrogen and oxygen atoms in total. The van der Waals surface area contributed by atoms with Crippen LogP contribution in [-0.2, 0) is 0 Å². The van der Waals surface area contributed by atoms with Crippen molar-refractivity contribution in [2.75, 3.05) is 5.32 Å². The van der Waals surface area contributed by atoms with Crippen molar-refractivity contribution in [1.82, 2.24) is 14.8 Å². The van der Waals surface area contributed by atoms with Crippen LogP contribution in [0.1, 0.15) is 21.9 Å². The van der Waals surface area contributed by atoms with Crippen LogP contribution in [0.3, 0.4) is 0 Å². The number of carbonyl (C=O) groups excluding carboxylic acids is 1. The lowest BCUT2D eigenvalue weighted by Gasteiger charge is -2.08. The number of aromatic nitrogens is 3. The lowest BCUT2D eigenvalue weighted by Crippen LogP contribution is -2.15. The van der Waals surface area contributed by atoms with Crippen LogP contribution < -0.4 is 5.32 Å². The minimum absolute atomic E-state index is 0.268. The smallest absolute Gasteiger partial charge is 0.274 e. The minimum Gasteiger partial charge on any atom is -0.317 e. The largest absolute Gasteiger partial charge is 0.317 e. The van der Waals surface area contributed by atoms with E-state index in [1.165, 1.54) is 0 Å². The summed E-state index contributed by atoms with van der Waals surface area (Å²) in [6.45, 7) is 3.78. The molecule has 4 rings (SSSR count). The van der Waals surface area contributed by atoms with Crippen LogP contribution in [0.15, 0.2) is 60.7 Å². The number of rotatable bonds is 3. The van der Waals surface area contributed by atoms with E-state index in [0.29, 0.717) is 10.8 Å². The van der Waals surface area contributed by atoms with E-state index in [9.17, 15) is 4.79 Å². The monoisotopic (exact) mass is 376 g/mol. The Labute approximate surface area is 161 Å². The topological polar surface area (TPSA) is 59.8 Å². The van der Waals surface area contributed by atoms with E-state index in [2.05, 4.69) is 15.4 Å². The van der Waals surface area contributed by atoms with Crippen LogP contribution in [0, 0.1) is 13.8 Å². The average Bonchev–Trinajstić information content (AvgIpc) is 2.97. The molecule has 4 aromatic rings. The molecular formula is C21H17ClN4O. The number of hydrogen-bond donors (Lipinski definition) is 1. The summed E-state index contributed by atoms with van der Waals surface area (Å²) < 4.78 is 1.81. The standard InChI is InChI=1S/C21H17ClN4O/c1-13-19(14(2)26(25-13)16-9-4-3-5-10-16)24-21(27)18-12-15-8-6-7-11-17(15)20(22)23-18/h3-12H,1-2H3,(H,24,27). The summed E-state index contributed by atoms with van der Waals surface area (Å²) in [4.78, 5) is 17.0. The van der Waals surface area contributed by atoms with E-state index in [-0.39, 0.29) is 11.6 Å². The average molecular weight is 377 g/mol. The molecule has 0 saturated carbocycles. The third kappa shape index (κ3) is 3.17. The highest BCUT2D eigenvalue weighted by atomic mass is 35.5. The van der Waals surface area contributed by atoms with E-state index in [0.717, 1.165) is 27.8 Å². The number of carbonyl (C=O) groups is 1. The molecule has 0 bridgehead atoms. The van der Waals surface area contributed by atoms with Gasteiger partial charge < -0.3 is 5.32 Å². The molecule has 2 aromatic heterocycles. The molecule has 27 heavy (non-hydrogen) atoms. The molecule has 0 aliphatic rings. The van der Waals surface area contributed by atoms with Crippen molar-refractivity contribution in [2.24, 2.45) is 0 Å². The Morgan fingerprint density at radius 2 is 1.74 bits per heavy atom. The van der Waals surface area contributed by atoms with Gasteiger partial charge in [0.2, 0.25) is 0 Å². The fraction of sp³-hybridized carbons (Fsp3) is 0.0952. The number of fused-ring (bicyclic) bond motifs is 1. The number of nitrogens with zero attached hydrogens (tertiary/aromatic N) is 3. The molecule has 2 aromatic carbocycles. The normalized spacial score (nSPS) is 10.9. The Balaban J connectivity index is 1.69. The number of pyridine rings is 1. The van der Waals surface area contributed by atoms with Crippen molar-refractivity contribution in [1.29, 1.82) is 0 Å². The van der Waals surface area contributed by atoms with Gasteiger partial charge in [0.15, 0.2) is 0 Å². The van der Waals surface area contributed by atoms with Crippen LogP contribution in [0.4, 0.5) is 5.69 Å². The van der Waals surface area contributed by atoms with Gasteiger partial charge in [0.05, 0.1) is 22.8 Å². The highest BCUT2D eigenvalue weighted by molar-refractivity contribution is 6.34. The lowest BCUT2D eigenvalue weighted by molar-refractivity contribution is 0.102. The molecule has 0 spiro atoms. The summed E-state index contributed by atoms with van der Waals surface area (Å²) in [5.41, 5.74) is 3.46. The van der Waals surface area contributed by atoms with Gasteiger partial charge in [0, 0.05) is 5.39 Å². The van der Waals surface area contributed by atoms with Gasteiger partial charge in [-0.1, -0.05) is 54.1 Å². The second-order valence-corrected chi connectivity index (χ2v) is 6.62. The lowest BCUT2D eigenvalue weighted by atomic mass is 10.1. The Morgan fingerprint density at radius 3 is 2.52 bits per heavy atom. The Hall–Kier alpha value is -3.18. The van der Waals surface area contributed by atoms with Gasteiger partial charge in [-0.05, 0) is 37.4 Å². The predicted molar refractivity (Wildman–Crippen MR) is 108 cm³/mol. The number of hydrogen-bond acceptors (Lipinski definition) is 3. The molecular weight excluding hydrogens is 360 g/mol. The molecule has 1 N–H and O–H groups in total. The van der Waals surface area contributed by atoms with Gasteiger partial charge in [0.1, 0.15) is 10.8 Å². The first-order valence-corrected chi connectivity index (χ1v) is 8.90. The summed E-state index contributed by atoms with van der Waals surface area (Å²) >= 11 is 6.25. The van der Waals surface area contributed by atoms with Crippen molar-refractivity contribution in [2.45, 2.75) is 13.8 Å². The van der Waals surface area contributed by atoms with E-state index in [1.54, 1.807) is 6.07 Å². The van der Waals surface area contributed by atoms with Crippen molar-refractivity contribution in [3.8, 4) is 5.69 Å². The van der Waals surface area contributed by atoms with Gasteiger partial charge in [-0.2, -0.15) is 5.10 Å². The number of anilines is 1. The highest BCUT2D eigenvalue weighted by Gasteiger charge is 2.18. The summed E-state index contributed by atoms with van der Waals surface area (Å²) in [7, 11) is 0. The summed E-state index contributed by atoms with van der Waals surface area (Å²) in [6.07, 6.45) is 0. The number of nitrogens with one attached hydrogen (secondary N) is 1. The first-order chi connectivity index (χ1) is 13.0. The van der Waals surface area contributed by atoms with E-state index in [4.69, 9.17) is 11.6 Å². The minimum atomic E-state index is -0.318. The van der Waals surface area contributed by atoms with Crippen molar-refractivity contribution in [3.05, 3.63) is 82.9 Å². The number of benzene rings is 2. The van der Waals surface area contributed by atoms with Gasteiger partial charge in [-0.3, -0.25) is 4.79 Å². The molecule has 2 heterocycles. The van der Waals surface area contributed by atoms with Gasteiger partial charge >= 0.3 is 0 Å². The fourth-order valence-electron chi connectivity index (χ4n) is 3.09. The summed E-state index contributed by atoms with van der Waals surface area (Å²) in [5.74, 6) is -0.318. The molecule has 0 radical (unpaired) electrons. The maximum absolute atomic E-state index is 12.8. The first kappa shape index (κ1) is 17.2. The van der Waals surface area contributed by atoms with Crippen molar-refractivity contribution in [3.63, 3.8) is 0 Å². The van der Waals surface area contributed by atoms with E-state index in [1.807, 2.05) is 73.1 Å². The third-order valence-electron chi connectivity index (χ3n) is 4.46. The fourth-order valence-corrected chi connectivity index (χ4v) is 3.36. The SMILES string of the molecule is Cc1nn(-c2ccccc2)c(C)c1NC(=O)c1cc2ccccc2c(Cl)n1. The zero-order valence-electron chi connectivity index (χ0n) is 14.9. The van der Waals surface area contributed by atoms with Gasteiger partial charge in [-0.15, -0.1) is 0 Å². The van der Waals surface area contributed by atoms with E-state index >= 15 is 0 Å². The third-order valence-corrected chi connectivity index (χ3v) is 4.75. The molecule has 0 fully saturated rings. The quantitative estimate of drug-likeness (QED) is 0.515. The number of amides is 1. The van der Waals surface area contributed by atoms with Crippen LogP contribution in [0.5, 0.6) is 0 Å². The molecule has 1 amide bonds. The van der Waals surface area contributed by atoms with Gasteiger partial charge in [0.25, 0.3) is 5.91 Å². The molecule has 0 aliphatic heterocycles. The summed E-state index contributed by atoms with van der Waals surface area (Å²) in [6, 6.07) is 19.1. The Bertz CT molecular complexity index is 1150. The number of para-hydroxylation sites is 1. The molecule has 0 aliphatic carbocycles. The Morgan fingerprint density at radius 1 is 1.04 bits per heavy atom. The molecule has 6 heteroatoms. The van der Waals surface area contributed by atoms with E-state index < -0.39 is 0 Å². The highest BCUT2D eigenvalue weighted by Crippen LogP contribution is 2.25. The second-order valence-electron chi connectivity index (χ2n) is 6.27. The van der Waals surface area contributed by atoms with Crippen LogP contribution in [0.2, 0.25) is 5.15 Å². The van der Waals surface area contributed by atoms with Crippen molar-refractivity contribution < 1.29 is 4.79 Å². The molecule has 0 unspecified atom stereocenters. The summed E-state index contributed by atoms with van der Waals surface area (Å²) in [5, 5.41) is 9.49.